The van der Waals surface area contributed by atoms with Crippen LogP contribution in [0.5, 0.6) is 0 Å². The van der Waals surface area contributed by atoms with Crippen molar-refractivity contribution in [3.05, 3.63) is 29.3 Å². The van der Waals surface area contributed by atoms with Crippen LogP contribution in [0.2, 0.25) is 5.02 Å². The number of benzene rings is 1. The SMILES string of the molecule is CNC(=O)[C@@H](CC(C)C)NS(=O)(=O)c1ccc(Cl)cc1. The Labute approximate surface area is 124 Å². The molecule has 1 amide bonds. The minimum Gasteiger partial charge on any atom is -0.358 e. The van der Waals surface area contributed by atoms with E-state index in [0.717, 1.165) is 0 Å². The van der Waals surface area contributed by atoms with Gasteiger partial charge in [0.15, 0.2) is 0 Å². The Balaban J connectivity index is 2.96. The van der Waals surface area contributed by atoms with E-state index in [0.29, 0.717) is 11.4 Å². The molecular weight excluding hydrogens is 300 g/mol. The molecule has 0 aliphatic rings. The van der Waals surface area contributed by atoms with Gasteiger partial charge in [0.25, 0.3) is 0 Å². The van der Waals surface area contributed by atoms with E-state index < -0.39 is 16.1 Å². The predicted molar refractivity (Wildman–Crippen MR) is 79.1 cm³/mol. The van der Waals surface area contributed by atoms with Crippen LogP contribution in [0.4, 0.5) is 0 Å². The molecule has 0 heterocycles. The van der Waals surface area contributed by atoms with Crippen molar-refractivity contribution in [2.24, 2.45) is 5.92 Å². The Hall–Kier alpha value is -1.11. The molecule has 2 N–H and O–H groups in total. The average Bonchev–Trinajstić information content (AvgIpc) is 2.36. The van der Waals surface area contributed by atoms with Crippen LogP contribution in [0.25, 0.3) is 0 Å². The first-order chi connectivity index (χ1) is 9.26. The normalized spacial score (nSPS) is 13.2. The van der Waals surface area contributed by atoms with Gasteiger partial charge in [-0.25, -0.2) is 8.42 Å². The van der Waals surface area contributed by atoms with Crippen LogP contribution in [0, 0.1) is 5.92 Å². The fourth-order valence-corrected chi connectivity index (χ4v) is 3.06. The van der Waals surface area contributed by atoms with Crippen molar-refractivity contribution in [1.29, 1.82) is 0 Å². The van der Waals surface area contributed by atoms with Crippen LogP contribution in [-0.2, 0) is 14.8 Å². The first-order valence-corrected chi connectivity index (χ1v) is 8.12. The highest BCUT2D eigenvalue weighted by atomic mass is 35.5. The van der Waals surface area contributed by atoms with E-state index in [-0.39, 0.29) is 16.7 Å². The molecule has 0 aromatic heterocycles. The summed E-state index contributed by atoms with van der Waals surface area (Å²) in [5.74, 6) is -0.165. The second kappa shape index (κ2) is 7.06. The lowest BCUT2D eigenvalue weighted by atomic mass is 10.0. The molecule has 0 fully saturated rings. The fraction of sp³-hybridized carbons (Fsp3) is 0.462. The maximum atomic E-state index is 12.2. The Morgan fingerprint density at radius 3 is 2.25 bits per heavy atom. The summed E-state index contributed by atoms with van der Waals surface area (Å²) in [5, 5.41) is 2.92. The zero-order chi connectivity index (χ0) is 15.3. The molecule has 1 aromatic carbocycles. The zero-order valence-electron chi connectivity index (χ0n) is 11.7. The molecule has 112 valence electrons. The number of nitrogens with one attached hydrogen (secondary N) is 2. The summed E-state index contributed by atoms with van der Waals surface area (Å²) in [6.07, 6.45) is 0.423. The first kappa shape index (κ1) is 16.9. The second-order valence-corrected chi connectivity index (χ2v) is 7.02. The van der Waals surface area contributed by atoms with E-state index in [1.54, 1.807) is 0 Å². The predicted octanol–water partition coefficient (Wildman–Crippen LogP) is 1.78. The molecule has 0 bridgehead atoms. The van der Waals surface area contributed by atoms with Gasteiger partial charge in [-0.05, 0) is 36.6 Å². The molecule has 0 radical (unpaired) electrons. The van der Waals surface area contributed by atoms with Crippen LogP contribution in [-0.4, -0.2) is 27.4 Å². The molecule has 0 saturated heterocycles. The highest BCUT2D eigenvalue weighted by molar-refractivity contribution is 7.89. The number of carbonyl (C=O) groups is 1. The standard InChI is InChI=1S/C13H19ClN2O3S/c1-9(2)8-12(13(17)15-3)16-20(18,19)11-6-4-10(14)5-7-11/h4-7,9,12,16H,8H2,1-3H3,(H,15,17)/t12-/m1/s1. The van der Waals surface area contributed by atoms with Gasteiger partial charge in [-0.2, -0.15) is 4.72 Å². The van der Waals surface area contributed by atoms with Crippen LogP contribution < -0.4 is 10.0 Å². The molecule has 1 aromatic rings. The molecular formula is C13H19ClN2O3S. The van der Waals surface area contributed by atoms with E-state index in [1.807, 2.05) is 13.8 Å². The summed E-state index contributed by atoms with van der Waals surface area (Å²) in [6, 6.07) is 5.00. The molecule has 1 atom stereocenters. The smallest absolute Gasteiger partial charge is 0.241 e. The van der Waals surface area contributed by atoms with Crippen LogP contribution >= 0.6 is 11.6 Å². The van der Waals surface area contributed by atoms with Gasteiger partial charge in [0.1, 0.15) is 6.04 Å². The number of halogens is 1. The average molecular weight is 319 g/mol. The Bertz CT molecular complexity index is 555. The quantitative estimate of drug-likeness (QED) is 0.839. The van der Waals surface area contributed by atoms with Crippen molar-refractivity contribution in [1.82, 2.24) is 10.0 Å². The summed E-state index contributed by atoms with van der Waals surface area (Å²) in [7, 11) is -2.27. The second-order valence-electron chi connectivity index (χ2n) is 4.87. The van der Waals surface area contributed by atoms with Crippen molar-refractivity contribution in [3.63, 3.8) is 0 Å². The van der Waals surface area contributed by atoms with Gasteiger partial charge >= 0.3 is 0 Å². The lowest BCUT2D eigenvalue weighted by molar-refractivity contribution is -0.122. The molecule has 0 aliphatic carbocycles. The van der Waals surface area contributed by atoms with Crippen molar-refractivity contribution in [2.75, 3.05) is 7.05 Å². The van der Waals surface area contributed by atoms with Gasteiger partial charge in [0.2, 0.25) is 15.9 Å². The van der Waals surface area contributed by atoms with Gasteiger partial charge in [-0.15, -0.1) is 0 Å². The van der Waals surface area contributed by atoms with Crippen LogP contribution in [0.3, 0.4) is 0 Å². The first-order valence-electron chi connectivity index (χ1n) is 6.25. The lowest BCUT2D eigenvalue weighted by Crippen LogP contribution is -2.46. The van der Waals surface area contributed by atoms with Gasteiger partial charge in [-0.1, -0.05) is 25.4 Å². The van der Waals surface area contributed by atoms with Crippen molar-refractivity contribution in [3.8, 4) is 0 Å². The third kappa shape index (κ3) is 4.77. The fourth-order valence-electron chi connectivity index (χ4n) is 1.72. The number of sulfonamides is 1. The summed E-state index contributed by atoms with van der Waals surface area (Å²) >= 11 is 5.73. The summed E-state index contributed by atoms with van der Waals surface area (Å²) in [6.45, 7) is 3.85. The number of likely N-dealkylation sites (N-methyl/N-ethyl adjacent to an activating group) is 1. The van der Waals surface area contributed by atoms with E-state index >= 15 is 0 Å². The zero-order valence-corrected chi connectivity index (χ0v) is 13.3. The van der Waals surface area contributed by atoms with E-state index in [4.69, 9.17) is 11.6 Å². The van der Waals surface area contributed by atoms with E-state index in [2.05, 4.69) is 10.0 Å². The molecule has 0 unspecified atom stereocenters. The van der Waals surface area contributed by atoms with Crippen molar-refractivity contribution < 1.29 is 13.2 Å². The highest BCUT2D eigenvalue weighted by Crippen LogP contribution is 2.15. The lowest BCUT2D eigenvalue weighted by Gasteiger charge is -2.19. The van der Waals surface area contributed by atoms with Crippen molar-refractivity contribution in [2.45, 2.75) is 31.2 Å². The number of hydrogen-bond donors (Lipinski definition) is 2. The van der Waals surface area contributed by atoms with Crippen molar-refractivity contribution >= 4 is 27.5 Å². The number of carbonyl (C=O) groups excluding carboxylic acids is 1. The Morgan fingerprint density at radius 2 is 1.80 bits per heavy atom. The number of hydrogen-bond acceptors (Lipinski definition) is 3. The third-order valence-corrected chi connectivity index (χ3v) is 4.43. The Kier molecular flexibility index (Phi) is 5.98. The minimum atomic E-state index is -3.75. The maximum Gasteiger partial charge on any atom is 0.241 e. The molecule has 0 spiro atoms. The van der Waals surface area contributed by atoms with Gasteiger partial charge < -0.3 is 5.32 Å². The largest absolute Gasteiger partial charge is 0.358 e. The van der Waals surface area contributed by atoms with Crippen LogP contribution in [0.1, 0.15) is 20.3 Å². The third-order valence-electron chi connectivity index (χ3n) is 2.69. The molecule has 7 heteroatoms. The van der Waals surface area contributed by atoms with Crippen LogP contribution in [0.15, 0.2) is 29.2 Å². The summed E-state index contributed by atoms with van der Waals surface area (Å²) in [4.78, 5) is 11.8. The highest BCUT2D eigenvalue weighted by Gasteiger charge is 2.25. The maximum absolute atomic E-state index is 12.2. The molecule has 0 saturated carbocycles. The summed E-state index contributed by atoms with van der Waals surface area (Å²) < 4.78 is 26.9. The topological polar surface area (TPSA) is 75.3 Å². The Morgan fingerprint density at radius 1 is 1.25 bits per heavy atom. The molecule has 0 aliphatic heterocycles. The molecule has 1 rings (SSSR count). The molecule has 5 nitrogen and oxygen atoms in total. The summed E-state index contributed by atoms with van der Waals surface area (Å²) in [5.41, 5.74) is 0. The number of rotatable bonds is 6. The van der Waals surface area contributed by atoms with Gasteiger partial charge in [0.05, 0.1) is 4.90 Å². The van der Waals surface area contributed by atoms with E-state index in [1.165, 1.54) is 31.3 Å². The van der Waals surface area contributed by atoms with Gasteiger partial charge in [0, 0.05) is 12.1 Å². The monoisotopic (exact) mass is 318 g/mol. The number of amides is 1. The van der Waals surface area contributed by atoms with Gasteiger partial charge in [-0.3, -0.25) is 4.79 Å². The minimum absolute atomic E-state index is 0.0829. The molecule has 20 heavy (non-hydrogen) atoms. The van der Waals surface area contributed by atoms with E-state index in [9.17, 15) is 13.2 Å².